The van der Waals surface area contributed by atoms with Gasteiger partial charge in [-0.1, -0.05) is 85.2 Å². The van der Waals surface area contributed by atoms with E-state index in [0.717, 1.165) is 12.0 Å². The minimum absolute atomic E-state index is 0.131. The number of hydrogen-bond acceptors (Lipinski definition) is 1. The first-order valence-electron chi connectivity index (χ1n) is 12.1. The Hall–Kier alpha value is -2.35. The van der Waals surface area contributed by atoms with Gasteiger partial charge in [-0.15, -0.1) is 0 Å². The lowest BCUT2D eigenvalue weighted by molar-refractivity contribution is 0.0697. The lowest BCUT2D eigenvalue weighted by Crippen LogP contribution is -2.30. The van der Waals surface area contributed by atoms with E-state index in [9.17, 15) is 9.90 Å². The van der Waals surface area contributed by atoms with Crippen molar-refractivity contribution in [3.05, 3.63) is 69.8 Å². The molecule has 0 bridgehead atoms. The summed E-state index contributed by atoms with van der Waals surface area (Å²) in [4.78, 5) is 11.2. The van der Waals surface area contributed by atoms with Gasteiger partial charge in [-0.3, -0.25) is 0 Å². The lowest BCUT2D eigenvalue weighted by atomic mass is 9.71. The molecule has 0 saturated heterocycles. The standard InChI is InChI=1S/C30H40O2/c1-9-19(2)10-13-24-17-26-27(30(7,8)21(4)29(26,5)6)18-25(24)20(3)16-22-11-14-23(15-12-22)28(31)32/h11-12,14-19,21H,9-10,13H2,1-8H3,(H,31,32). The molecule has 1 aliphatic rings. The first-order chi connectivity index (χ1) is 14.9. The fourth-order valence-electron chi connectivity index (χ4n) is 5.31. The third-order valence-electron chi connectivity index (χ3n) is 8.37. The summed E-state index contributed by atoms with van der Waals surface area (Å²) < 4.78 is 0. The van der Waals surface area contributed by atoms with Crippen molar-refractivity contribution in [3.63, 3.8) is 0 Å². The molecule has 0 radical (unpaired) electrons. The normalized spacial score (nSPS) is 20.1. The van der Waals surface area contributed by atoms with Crippen LogP contribution in [0.2, 0.25) is 0 Å². The maximum Gasteiger partial charge on any atom is 0.335 e. The summed E-state index contributed by atoms with van der Waals surface area (Å²) in [5.74, 6) is 0.394. The van der Waals surface area contributed by atoms with Crippen LogP contribution in [0, 0.1) is 11.8 Å². The average Bonchev–Trinajstić information content (AvgIpc) is 2.88. The summed E-state index contributed by atoms with van der Waals surface area (Å²) in [5, 5.41) is 9.18. The van der Waals surface area contributed by atoms with Crippen LogP contribution in [0.1, 0.15) is 106 Å². The Kier molecular flexibility index (Phi) is 6.75. The number of allylic oxidation sites excluding steroid dienone is 1. The van der Waals surface area contributed by atoms with Crippen LogP contribution in [0.15, 0.2) is 36.4 Å². The third-order valence-corrected chi connectivity index (χ3v) is 8.37. The maximum atomic E-state index is 11.2. The Balaban J connectivity index is 2.10. The SMILES string of the molecule is CCC(C)CCc1cc2c(cc1C(C)=Cc1ccc(C(=O)O)cc1)C(C)(C)C(C)C2(C)C. The van der Waals surface area contributed by atoms with Crippen molar-refractivity contribution >= 4 is 17.6 Å². The highest BCUT2D eigenvalue weighted by Gasteiger charge is 2.48. The molecule has 0 aliphatic heterocycles. The van der Waals surface area contributed by atoms with Gasteiger partial charge in [-0.2, -0.15) is 0 Å². The summed E-state index contributed by atoms with van der Waals surface area (Å²) in [6.45, 7) is 18.8. The van der Waals surface area contributed by atoms with Gasteiger partial charge >= 0.3 is 5.97 Å². The van der Waals surface area contributed by atoms with E-state index < -0.39 is 5.97 Å². The van der Waals surface area contributed by atoms with Gasteiger partial charge < -0.3 is 5.11 Å². The molecule has 2 aromatic rings. The first kappa shape index (κ1) is 24.3. The Labute approximate surface area is 194 Å². The number of fused-ring (bicyclic) bond motifs is 1. The van der Waals surface area contributed by atoms with Gasteiger partial charge in [0.05, 0.1) is 5.56 Å². The smallest absolute Gasteiger partial charge is 0.335 e. The summed E-state index contributed by atoms with van der Waals surface area (Å²) >= 11 is 0. The molecule has 0 heterocycles. The Morgan fingerprint density at radius 2 is 1.62 bits per heavy atom. The number of hydrogen-bond donors (Lipinski definition) is 1. The van der Waals surface area contributed by atoms with E-state index in [0.29, 0.717) is 17.4 Å². The quantitative estimate of drug-likeness (QED) is 0.448. The van der Waals surface area contributed by atoms with E-state index in [4.69, 9.17) is 0 Å². The van der Waals surface area contributed by atoms with Crippen molar-refractivity contribution in [1.82, 2.24) is 0 Å². The molecular formula is C30H40O2. The van der Waals surface area contributed by atoms with Crippen molar-refractivity contribution < 1.29 is 9.90 Å². The van der Waals surface area contributed by atoms with Crippen LogP contribution >= 0.6 is 0 Å². The number of carboxylic acids is 1. The van der Waals surface area contributed by atoms with E-state index in [2.05, 4.69) is 73.6 Å². The zero-order valence-corrected chi connectivity index (χ0v) is 21.2. The van der Waals surface area contributed by atoms with Crippen LogP contribution in [0.25, 0.3) is 11.6 Å². The molecule has 2 nitrogen and oxygen atoms in total. The number of rotatable bonds is 7. The zero-order chi connectivity index (χ0) is 23.8. The molecule has 172 valence electrons. The molecule has 0 spiro atoms. The van der Waals surface area contributed by atoms with Crippen molar-refractivity contribution in [2.24, 2.45) is 11.8 Å². The second-order valence-corrected chi connectivity index (χ2v) is 11.0. The molecular weight excluding hydrogens is 392 g/mol. The molecule has 0 amide bonds. The second kappa shape index (κ2) is 8.89. The molecule has 1 aliphatic carbocycles. The molecule has 0 fully saturated rings. The van der Waals surface area contributed by atoms with Crippen LogP contribution in [-0.2, 0) is 17.3 Å². The largest absolute Gasteiger partial charge is 0.478 e. The summed E-state index contributed by atoms with van der Waals surface area (Å²) in [5.41, 5.74) is 8.66. The van der Waals surface area contributed by atoms with Gasteiger partial charge in [-0.05, 0) is 88.0 Å². The van der Waals surface area contributed by atoms with Crippen molar-refractivity contribution in [1.29, 1.82) is 0 Å². The average molecular weight is 433 g/mol. The number of benzene rings is 2. The minimum atomic E-state index is -0.887. The Bertz CT molecular complexity index is 1020. The number of carbonyl (C=O) groups is 1. The predicted molar refractivity (Wildman–Crippen MR) is 136 cm³/mol. The monoisotopic (exact) mass is 432 g/mol. The van der Waals surface area contributed by atoms with Crippen LogP contribution in [0.5, 0.6) is 0 Å². The Morgan fingerprint density at radius 3 is 2.16 bits per heavy atom. The molecule has 2 unspecified atom stereocenters. The van der Waals surface area contributed by atoms with Gasteiger partial charge in [0, 0.05) is 0 Å². The van der Waals surface area contributed by atoms with Crippen molar-refractivity contribution in [3.8, 4) is 0 Å². The molecule has 2 heteroatoms. The Morgan fingerprint density at radius 1 is 1.06 bits per heavy atom. The molecule has 3 rings (SSSR count). The number of aryl methyl sites for hydroxylation is 1. The van der Waals surface area contributed by atoms with E-state index in [1.54, 1.807) is 12.1 Å². The summed E-state index contributed by atoms with van der Waals surface area (Å²) in [6, 6.07) is 12.1. The molecule has 0 saturated carbocycles. The predicted octanol–water partition coefficient (Wildman–Crippen LogP) is 8.13. The van der Waals surface area contributed by atoms with Crippen LogP contribution < -0.4 is 0 Å². The lowest BCUT2D eigenvalue weighted by Gasteiger charge is -2.32. The van der Waals surface area contributed by atoms with Crippen LogP contribution in [0.3, 0.4) is 0 Å². The van der Waals surface area contributed by atoms with Gasteiger partial charge in [0.1, 0.15) is 0 Å². The third kappa shape index (κ3) is 4.42. The van der Waals surface area contributed by atoms with Crippen LogP contribution in [-0.4, -0.2) is 11.1 Å². The highest BCUT2D eigenvalue weighted by molar-refractivity contribution is 5.88. The highest BCUT2D eigenvalue weighted by atomic mass is 16.4. The summed E-state index contributed by atoms with van der Waals surface area (Å²) in [6.07, 6.45) is 5.69. The topological polar surface area (TPSA) is 37.3 Å². The molecule has 2 atom stereocenters. The fourth-order valence-corrected chi connectivity index (χ4v) is 5.31. The van der Waals surface area contributed by atoms with E-state index in [-0.39, 0.29) is 10.8 Å². The van der Waals surface area contributed by atoms with E-state index in [1.165, 1.54) is 40.7 Å². The molecule has 32 heavy (non-hydrogen) atoms. The number of aromatic carboxylic acids is 1. The molecule has 1 N–H and O–H groups in total. The van der Waals surface area contributed by atoms with Crippen LogP contribution in [0.4, 0.5) is 0 Å². The fraction of sp³-hybridized carbons (Fsp3) is 0.500. The van der Waals surface area contributed by atoms with Gasteiger partial charge in [0.25, 0.3) is 0 Å². The first-order valence-corrected chi connectivity index (χ1v) is 12.1. The highest BCUT2D eigenvalue weighted by Crippen LogP contribution is 2.54. The second-order valence-electron chi connectivity index (χ2n) is 11.0. The van der Waals surface area contributed by atoms with Crippen molar-refractivity contribution in [2.45, 2.75) is 85.5 Å². The van der Waals surface area contributed by atoms with E-state index >= 15 is 0 Å². The van der Waals surface area contributed by atoms with Gasteiger partial charge in [-0.25, -0.2) is 4.79 Å². The van der Waals surface area contributed by atoms with Gasteiger partial charge in [0.15, 0.2) is 0 Å². The maximum absolute atomic E-state index is 11.2. The molecule has 2 aromatic carbocycles. The molecule has 0 aromatic heterocycles. The number of carboxylic acid groups (broad SMARTS) is 1. The summed E-state index contributed by atoms with van der Waals surface area (Å²) in [7, 11) is 0. The zero-order valence-electron chi connectivity index (χ0n) is 21.2. The van der Waals surface area contributed by atoms with Gasteiger partial charge in [0.2, 0.25) is 0 Å². The van der Waals surface area contributed by atoms with Crippen molar-refractivity contribution in [2.75, 3.05) is 0 Å². The minimum Gasteiger partial charge on any atom is -0.478 e. The van der Waals surface area contributed by atoms with E-state index in [1.807, 2.05) is 12.1 Å².